The average Bonchev–Trinajstić information content (AvgIpc) is 3.23. The van der Waals surface area contributed by atoms with Crippen LogP contribution in [0.15, 0.2) is 42.6 Å². The number of anilines is 2. The second-order valence-electron chi connectivity index (χ2n) is 7.80. The number of likely N-dealkylation sites (tertiary alicyclic amines) is 1. The molecule has 2 fully saturated rings. The molecule has 7 heteroatoms. The number of nitrogen functional groups attached to an aromatic ring is 1. The van der Waals surface area contributed by atoms with Crippen LogP contribution < -0.4 is 16.4 Å². The number of aromatic nitrogens is 1. The van der Waals surface area contributed by atoms with Crippen molar-refractivity contribution >= 4 is 23.2 Å². The molecule has 29 heavy (non-hydrogen) atoms. The zero-order valence-electron chi connectivity index (χ0n) is 16.4. The molecular weight excluding hydrogens is 366 g/mol. The van der Waals surface area contributed by atoms with Crippen LogP contribution in [0.2, 0.25) is 0 Å². The number of nitrogens with one attached hydrogen (secondary N) is 2. The van der Waals surface area contributed by atoms with Crippen molar-refractivity contribution in [2.75, 3.05) is 24.1 Å². The molecule has 2 heterocycles. The molecule has 0 unspecified atom stereocenters. The summed E-state index contributed by atoms with van der Waals surface area (Å²) in [5, 5.41) is 5.74. The fraction of sp³-hybridized carbons (Fsp3) is 0.409. The van der Waals surface area contributed by atoms with Gasteiger partial charge in [0.25, 0.3) is 11.8 Å². The molecule has 1 aromatic heterocycles. The van der Waals surface area contributed by atoms with Crippen LogP contribution in [0, 0.1) is 0 Å². The van der Waals surface area contributed by atoms with E-state index in [1.165, 1.54) is 31.9 Å². The van der Waals surface area contributed by atoms with E-state index in [4.69, 9.17) is 5.73 Å². The first-order valence-electron chi connectivity index (χ1n) is 10.3. The molecule has 1 saturated heterocycles. The minimum absolute atomic E-state index is 0.157. The van der Waals surface area contributed by atoms with E-state index in [1.54, 1.807) is 36.4 Å². The SMILES string of the molecule is Nc1ccccc1NC(=O)c1ccc(C(=O)NC[C@H]2CCN2C2CCCC2)cn1. The lowest BCUT2D eigenvalue weighted by Gasteiger charge is -2.45. The van der Waals surface area contributed by atoms with Crippen molar-refractivity contribution in [3.8, 4) is 0 Å². The first kappa shape index (κ1) is 19.4. The van der Waals surface area contributed by atoms with Crippen LogP contribution in [-0.4, -0.2) is 46.9 Å². The maximum Gasteiger partial charge on any atom is 0.274 e. The van der Waals surface area contributed by atoms with Crippen molar-refractivity contribution in [2.45, 2.75) is 44.2 Å². The number of para-hydroxylation sites is 2. The van der Waals surface area contributed by atoms with Crippen LogP contribution in [0.25, 0.3) is 0 Å². The largest absolute Gasteiger partial charge is 0.397 e. The Hall–Kier alpha value is -2.93. The topological polar surface area (TPSA) is 100 Å². The lowest BCUT2D eigenvalue weighted by Crippen LogP contribution is -2.56. The number of pyridine rings is 1. The summed E-state index contributed by atoms with van der Waals surface area (Å²) in [6, 6.07) is 11.4. The maximum atomic E-state index is 12.4. The third-order valence-corrected chi connectivity index (χ3v) is 5.95. The number of benzene rings is 1. The number of rotatable bonds is 6. The van der Waals surface area contributed by atoms with Crippen molar-refractivity contribution in [3.63, 3.8) is 0 Å². The Morgan fingerprint density at radius 3 is 2.52 bits per heavy atom. The number of amides is 2. The van der Waals surface area contributed by atoms with Crippen molar-refractivity contribution in [3.05, 3.63) is 53.9 Å². The van der Waals surface area contributed by atoms with Crippen molar-refractivity contribution in [1.82, 2.24) is 15.2 Å². The van der Waals surface area contributed by atoms with Gasteiger partial charge < -0.3 is 16.4 Å². The number of carbonyl (C=O) groups excluding carboxylic acids is 2. The number of hydrogen-bond donors (Lipinski definition) is 3. The minimum atomic E-state index is -0.364. The van der Waals surface area contributed by atoms with Gasteiger partial charge in [0.2, 0.25) is 0 Å². The summed E-state index contributed by atoms with van der Waals surface area (Å²) in [5.41, 5.74) is 7.55. The summed E-state index contributed by atoms with van der Waals surface area (Å²) in [6.45, 7) is 1.80. The molecule has 4 N–H and O–H groups in total. The van der Waals surface area contributed by atoms with Crippen LogP contribution in [0.1, 0.15) is 53.0 Å². The summed E-state index contributed by atoms with van der Waals surface area (Å²) in [7, 11) is 0. The lowest BCUT2D eigenvalue weighted by atomic mass is 9.98. The van der Waals surface area contributed by atoms with Gasteiger partial charge in [-0.25, -0.2) is 0 Å². The number of nitrogens with zero attached hydrogens (tertiary/aromatic N) is 2. The van der Waals surface area contributed by atoms with Gasteiger partial charge in [-0.1, -0.05) is 25.0 Å². The van der Waals surface area contributed by atoms with Crippen LogP contribution in [0.4, 0.5) is 11.4 Å². The van der Waals surface area contributed by atoms with E-state index in [1.807, 2.05) is 0 Å². The third-order valence-electron chi connectivity index (χ3n) is 5.95. The van der Waals surface area contributed by atoms with Gasteiger partial charge >= 0.3 is 0 Å². The Morgan fingerprint density at radius 1 is 1.07 bits per heavy atom. The zero-order valence-corrected chi connectivity index (χ0v) is 16.4. The van der Waals surface area contributed by atoms with Gasteiger partial charge in [-0.05, 0) is 43.5 Å². The molecule has 4 rings (SSSR count). The molecule has 1 aliphatic carbocycles. The molecular formula is C22H27N5O2. The highest BCUT2D eigenvalue weighted by molar-refractivity contribution is 6.04. The first-order chi connectivity index (χ1) is 14.1. The van der Waals surface area contributed by atoms with E-state index < -0.39 is 0 Å². The summed E-state index contributed by atoms with van der Waals surface area (Å²) in [6.07, 6.45) is 7.79. The minimum Gasteiger partial charge on any atom is -0.397 e. The fourth-order valence-electron chi connectivity index (χ4n) is 4.17. The molecule has 2 aliphatic rings. The number of nitrogens with two attached hydrogens (primary N) is 1. The zero-order chi connectivity index (χ0) is 20.2. The van der Waals surface area contributed by atoms with E-state index in [9.17, 15) is 9.59 Å². The lowest BCUT2D eigenvalue weighted by molar-refractivity contribution is 0.0425. The van der Waals surface area contributed by atoms with E-state index in [0.717, 1.165) is 13.0 Å². The summed E-state index contributed by atoms with van der Waals surface area (Å²) >= 11 is 0. The summed E-state index contributed by atoms with van der Waals surface area (Å²) < 4.78 is 0. The van der Waals surface area contributed by atoms with Gasteiger partial charge in [0, 0.05) is 31.4 Å². The van der Waals surface area contributed by atoms with Crippen LogP contribution >= 0.6 is 0 Å². The second-order valence-corrected chi connectivity index (χ2v) is 7.80. The van der Waals surface area contributed by atoms with Crippen LogP contribution in [-0.2, 0) is 0 Å². The Balaban J connectivity index is 1.30. The van der Waals surface area contributed by atoms with Crippen molar-refractivity contribution < 1.29 is 9.59 Å². The molecule has 1 saturated carbocycles. The molecule has 7 nitrogen and oxygen atoms in total. The van der Waals surface area contributed by atoms with Crippen LogP contribution in [0.5, 0.6) is 0 Å². The predicted octanol–water partition coefficient (Wildman–Crippen LogP) is 2.66. The van der Waals surface area contributed by atoms with Crippen molar-refractivity contribution in [2.24, 2.45) is 0 Å². The van der Waals surface area contributed by atoms with E-state index in [0.29, 0.717) is 35.6 Å². The Bertz CT molecular complexity index is 877. The van der Waals surface area contributed by atoms with Gasteiger partial charge in [0.1, 0.15) is 5.69 Å². The first-order valence-corrected chi connectivity index (χ1v) is 10.3. The predicted molar refractivity (Wildman–Crippen MR) is 113 cm³/mol. The van der Waals surface area contributed by atoms with Gasteiger partial charge in [-0.3, -0.25) is 19.5 Å². The summed E-state index contributed by atoms with van der Waals surface area (Å²) in [5.74, 6) is -0.522. The van der Waals surface area contributed by atoms with E-state index >= 15 is 0 Å². The van der Waals surface area contributed by atoms with Gasteiger partial charge in [0.05, 0.1) is 16.9 Å². The normalized spacial score (nSPS) is 19.5. The highest BCUT2D eigenvalue weighted by atomic mass is 16.2. The van der Waals surface area contributed by atoms with Gasteiger partial charge in [0.15, 0.2) is 0 Å². The fourth-order valence-corrected chi connectivity index (χ4v) is 4.17. The molecule has 0 radical (unpaired) electrons. The van der Waals surface area contributed by atoms with E-state index in [-0.39, 0.29) is 17.5 Å². The molecule has 0 spiro atoms. The Labute approximate surface area is 170 Å². The highest BCUT2D eigenvalue weighted by Crippen LogP contribution is 2.30. The molecule has 152 valence electrons. The standard InChI is InChI=1S/C22H27N5O2/c23-18-7-3-4-8-19(18)26-22(29)20-10-9-15(13-24-20)21(28)25-14-17-11-12-27(17)16-5-1-2-6-16/h3-4,7-10,13,16-17H,1-2,5-6,11-12,14,23H2,(H,25,28)(H,26,29)/t17-/m1/s1. The monoisotopic (exact) mass is 393 g/mol. The Kier molecular flexibility index (Phi) is 5.76. The number of hydrogen-bond acceptors (Lipinski definition) is 5. The molecule has 1 aromatic carbocycles. The van der Waals surface area contributed by atoms with Crippen LogP contribution in [0.3, 0.4) is 0 Å². The number of carbonyl (C=O) groups is 2. The van der Waals surface area contributed by atoms with Crippen molar-refractivity contribution in [1.29, 1.82) is 0 Å². The quantitative estimate of drug-likeness (QED) is 0.655. The third kappa shape index (κ3) is 4.40. The maximum absolute atomic E-state index is 12.4. The Morgan fingerprint density at radius 2 is 1.86 bits per heavy atom. The molecule has 1 aliphatic heterocycles. The average molecular weight is 393 g/mol. The molecule has 2 amide bonds. The molecule has 0 bridgehead atoms. The van der Waals surface area contributed by atoms with E-state index in [2.05, 4.69) is 20.5 Å². The molecule has 1 atom stereocenters. The molecule has 2 aromatic rings. The second kappa shape index (κ2) is 8.61. The smallest absolute Gasteiger partial charge is 0.274 e. The highest BCUT2D eigenvalue weighted by Gasteiger charge is 2.35. The van der Waals surface area contributed by atoms with Gasteiger partial charge in [-0.15, -0.1) is 0 Å². The van der Waals surface area contributed by atoms with Gasteiger partial charge in [-0.2, -0.15) is 0 Å². The summed E-state index contributed by atoms with van der Waals surface area (Å²) in [4.78, 5) is 31.5.